The molecule has 1 fully saturated rings. The molecular formula is C25H25F3N4O2. The van der Waals surface area contributed by atoms with Crippen molar-refractivity contribution in [1.29, 1.82) is 0 Å². The standard InChI is InChI=1S/C25H25F3N4O2/c1-3-21(33)29-18-10-6-11-19(14-18)32-22-15(2)7-4-12-20(22)30-24(32)31-23(34)16-8-5-9-17(13-16)25(26,27)28/h3-5,7-9,12-13,18-19H,1,6,10-11,14H2,2H3,(H,29,33)(H,30,31,34)/t18-,19?/m0/s1. The van der Waals surface area contributed by atoms with Gasteiger partial charge in [-0.3, -0.25) is 14.9 Å². The minimum Gasteiger partial charge on any atom is -0.350 e. The molecule has 4 rings (SSSR count). The zero-order valence-corrected chi connectivity index (χ0v) is 18.7. The molecule has 2 atom stereocenters. The molecule has 6 nitrogen and oxygen atoms in total. The number of carbonyl (C=O) groups is 2. The van der Waals surface area contributed by atoms with E-state index in [0.717, 1.165) is 42.5 Å². The zero-order valence-electron chi connectivity index (χ0n) is 18.7. The molecular weight excluding hydrogens is 445 g/mol. The lowest BCUT2D eigenvalue weighted by atomic mass is 9.90. The SMILES string of the molecule is C=CC(=O)N[C@H]1CCCC(n2c(NC(=O)c3cccc(C(F)(F)F)c3)nc3cccc(C)c32)C1. The highest BCUT2D eigenvalue weighted by atomic mass is 19.4. The molecule has 1 aromatic heterocycles. The van der Waals surface area contributed by atoms with Crippen molar-refractivity contribution in [3.63, 3.8) is 0 Å². The largest absolute Gasteiger partial charge is 0.416 e. The number of hydrogen-bond donors (Lipinski definition) is 2. The number of nitrogens with zero attached hydrogens (tertiary/aromatic N) is 2. The quantitative estimate of drug-likeness (QED) is 0.490. The van der Waals surface area contributed by atoms with Crippen LogP contribution in [0.15, 0.2) is 55.1 Å². The van der Waals surface area contributed by atoms with Crippen LogP contribution in [0.2, 0.25) is 0 Å². The minimum absolute atomic E-state index is 0.0577. The number of para-hydroxylation sites is 1. The Morgan fingerprint density at radius 1 is 1.18 bits per heavy atom. The number of rotatable bonds is 5. The van der Waals surface area contributed by atoms with Crippen molar-refractivity contribution in [2.24, 2.45) is 0 Å². The van der Waals surface area contributed by atoms with E-state index in [4.69, 9.17) is 0 Å². The van der Waals surface area contributed by atoms with Gasteiger partial charge in [-0.2, -0.15) is 13.2 Å². The molecule has 1 saturated carbocycles. The average Bonchev–Trinajstić information content (AvgIpc) is 3.18. The van der Waals surface area contributed by atoms with Crippen LogP contribution in [0.25, 0.3) is 11.0 Å². The van der Waals surface area contributed by atoms with Gasteiger partial charge in [0.1, 0.15) is 0 Å². The smallest absolute Gasteiger partial charge is 0.350 e. The van der Waals surface area contributed by atoms with E-state index in [9.17, 15) is 22.8 Å². The first-order chi connectivity index (χ1) is 16.2. The average molecular weight is 470 g/mol. The van der Waals surface area contributed by atoms with Crippen LogP contribution in [0.1, 0.15) is 53.2 Å². The number of nitrogens with one attached hydrogen (secondary N) is 2. The molecule has 1 unspecified atom stereocenters. The van der Waals surface area contributed by atoms with E-state index in [0.29, 0.717) is 11.9 Å². The second-order valence-electron chi connectivity index (χ2n) is 8.51. The highest BCUT2D eigenvalue weighted by molar-refractivity contribution is 6.04. The molecule has 0 spiro atoms. The number of aryl methyl sites for hydroxylation is 1. The molecule has 2 N–H and O–H groups in total. The van der Waals surface area contributed by atoms with Gasteiger partial charge in [0.25, 0.3) is 5.91 Å². The fourth-order valence-electron chi connectivity index (χ4n) is 4.56. The Morgan fingerprint density at radius 3 is 2.68 bits per heavy atom. The lowest BCUT2D eigenvalue weighted by Crippen LogP contribution is -2.38. The van der Waals surface area contributed by atoms with Crippen LogP contribution in [0.3, 0.4) is 0 Å². The normalized spacial score (nSPS) is 18.5. The monoisotopic (exact) mass is 470 g/mol. The van der Waals surface area contributed by atoms with Crippen molar-refractivity contribution in [2.45, 2.75) is 50.9 Å². The molecule has 0 radical (unpaired) electrons. The van der Waals surface area contributed by atoms with E-state index in [2.05, 4.69) is 22.2 Å². The Balaban J connectivity index is 1.69. The summed E-state index contributed by atoms with van der Waals surface area (Å²) >= 11 is 0. The van der Waals surface area contributed by atoms with Gasteiger partial charge < -0.3 is 9.88 Å². The van der Waals surface area contributed by atoms with Crippen LogP contribution in [-0.2, 0) is 11.0 Å². The first kappa shape index (κ1) is 23.5. The van der Waals surface area contributed by atoms with Crippen molar-refractivity contribution >= 4 is 28.8 Å². The number of alkyl halides is 3. The second-order valence-corrected chi connectivity index (χ2v) is 8.51. The van der Waals surface area contributed by atoms with E-state index in [-0.39, 0.29) is 29.5 Å². The summed E-state index contributed by atoms with van der Waals surface area (Å²) in [5.74, 6) is -0.643. The molecule has 1 heterocycles. The van der Waals surface area contributed by atoms with Crippen LogP contribution in [0.4, 0.5) is 19.1 Å². The van der Waals surface area contributed by atoms with E-state index >= 15 is 0 Å². The lowest BCUT2D eigenvalue weighted by Gasteiger charge is -2.32. The number of hydrogen-bond acceptors (Lipinski definition) is 3. The van der Waals surface area contributed by atoms with Gasteiger partial charge in [-0.1, -0.05) is 24.8 Å². The number of carbonyl (C=O) groups excluding carboxylic acids is 2. The van der Waals surface area contributed by atoms with E-state index in [1.54, 1.807) is 0 Å². The van der Waals surface area contributed by atoms with Crippen LogP contribution in [-0.4, -0.2) is 27.4 Å². The first-order valence-electron chi connectivity index (χ1n) is 11.1. The molecule has 2 aromatic carbocycles. The topological polar surface area (TPSA) is 76.0 Å². The number of aromatic nitrogens is 2. The number of imidazole rings is 1. The van der Waals surface area contributed by atoms with Gasteiger partial charge >= 0.3 is 6.18 Å². The predicted octanol–water partition coefficient (Wildman–Crippen LogP) is 5.40. The molecule has 0 bridgehead atoms. The van der Waals surface area contributed by atoms with Crippen LogP contribution < -0.4 is 10.6 Å². The van der Waals surface area contributed by atoms with Crippen molar-refractivity contribution in [3.8, 4) is 0 Å². The van der Waals surface area contributed by atoms with E-state index in [1.165, 1.54) is 18.2 Å². The van der Waals surface area contributed by atoms with Gasteiger partial charge in [-0.25, -0.2) is 4.98 Å². The van der Waals surface area contributed by atoms with E-state index < -0.39 is 17.6 Å². The molecule has 3 aromatic rings. The molecule has 0 aliphatic heterocycles. The fourth-order valence-corrected chi connectivity index (χ4v) is 4.56. The van der Waals surface area contributed by atoms with Gasteiger partial charge in [0.05, 0.1) is 16.6 Å². The minimum atomic E-state index is -4.55. The van der Waals surface area contributed by atoms with Gasteiger partial charge in [0.2, 0.25) is 11.9 Å². The molecule has 178 valence electrons. The Kier molecular flexibility index (Phi) is 6.45. The number of halogens is 3. The summed E-state index contributed by atoms with van der Waals surface area (Å²) in [6.07, 6.45) is -0.181. The maximum Gasteiger partial charge on any atom is 0.416 e. The molecule has 1 aliphatic rings. The Labute approximate surface area is 194 Å². The third-order valence-corrected chi connectivity index (χ3v) is 6.13. The van der Waals surface area contributed by atoms with Crippen LogP contribution >= 0.6 is 0 Å². The summed E-state index contributed by atoms with van der Waals surface area (Å²) in [4.78, 5) is 29.4. The summed E-state index contributed by atoms with van der Waals surface area (Å²) in [6, 6.07) is 9.82. The lowest BCUT2D eigenvalue weighted by molar-refractivity contribution is -0.137. The summed E-state index contributed by atoms with van der Waals surface area (Å²) in [5.41, 5.74) is 1.49. The predicted molar refractivity (Wildman–Crippen MR) is 123 cm³/mol. The summed E-state index contributed by atoms with van der Waals surface area (Å²) in [5, 5.41) is 5.67. The maximum absolute atomic E-state index is 13.1. The van der Waals surface area contributed by atoms with Crippen molar-refractivity contribution in [1.82, 2.24) is 14.9 Å². The third kappa shape index (κ3) is 4.83. The Bertz CT molecular complexity index is 1250. The summed E-state index contributed by atoms with van der Waals surface area (Å²) in [6.45, 7) is 5.44. The van der Waals surface area contributed by atoms with Crippen molar-refractivity contribution in [2.75, 3.05) is 5.32 Å². The number of amides is 2. The molecule has 34 heavy (non-hydrogen) atoms. The second kappa shape index (κ2) is 9.32. The Morgan fingerprint density at radius 2 is 1.94 bits per heavy atom. The fraction of sp³-hybridized carbons (Fsp3) is 0.320. The third-order valence-electron chi connectivity index (χ3n) is 6.13. The highest BCUT2D eigenvalue weighted by Crippen LogP contribution is 2.36. The van der Waals surface area contributed by atoms with Gasteiger partial charge in [-0.05, 0) is 68.5 Å². The maximum atomic E-state index is 13.1. The number of fused-ring (bicyclic) bond motifs is 1. The summed E-state index contributed by atoms with van der Waals surface area (Å²) < 4.78 is 41.3. The van der Waals surface area contributed by atoms with Crippen LogP contribution in [0.5, 0.6) is 0 Å². The van der Waals surface area contributed by atoms with Gasteiger partial charge in [0.15, 0.2) is 0 Å². The summed E-state index contributed by atoms with van der Waals surface area (Å²) in [7, 11) is 0. The number of anilines is 1. The van der Waals surface area contributed by atoms with Gasteiger partial charge in [-0.15, -0.1) is 0 Å². The van der Waals surface area contributed by atoms with Gasteiger partial charge in [0, 0.05) is 17.6 Å². The van der Waals surface area contributed by atoms with Crippen LogP contribution in [0, 0.1) is 6.92 Å². The molecule has 1 aliphatic carbocycles. The van der Waals surface area contributed by atoms with E-state index in [1.807, 2.05) is 29.7 Å². The molecule has 2 amide bonds. The van der Waals surface area contributed by atoms with Crippen molar-refractivity contribution in [3.05, 3.63) is 71.8 Å². The number of benzene rings is 2. The molecule has 9 heteroatoms. The van der Waals surface area contributed by atoms with Crippen molar-refractivity contribution < 1.29 is 22.8 Å². The zero-order chi connectivity index (χ0) is 24.5. The Hall–Kier alpha value is -3.62. The first-order valence-corrected chi connectivity index (χ1v) is 11.1. The highest BCUT2D eigenvalue weighted by Gasteiger charge is 2.32. The molecule has 0 saturated heterocycles.